The molecule has 68 valence electrons. The van der Waals surface area contributed by atoms with Crippen LogP contribution in [-0.4, -0.2) is 10.1 Å². The molecule has 2 aromatic rings. The van der Waals surface area contributed by atoms with E-state index in [-0.39, 0.29) is 6.61 Å². The maximum absolute atomic E-state index is 8.85. The van der Waals surface area contributed by atoms with Crippen molar-refractivity contribution in [1.29, 1.82) is 0 Å². The zero-order chi connectivity index (χ0) is 9.26. The smallest absolute Gasteiger partial charge is 0.133 e. The van der Waals surface area contributed by atoms with E-state index in [9.17, 15) is 0 Å². The average molecular weight is 232 g/mol. The van der Waals surface area contributed by atoms with E-state index in [0.29, 0.717) is 0 Å². The van der Waals surface area contributed by atoms with Crippen LogP contribution in [0.2, 0.25) is 4.34 Å². The van der Waals surface area contributed by atoms with Crippen LogP contribution in [0.3, 0.4) is 0 Å². The molecular formula is C8H6ClNOS2. The number of hydrogen-bond acceptors (Lipinski definition) is 4. The van der Waals surface area contributed by atoms with Crippen molar-refractivity contribution in [1.82, 2.24) is 4.98 Å². The Bertz CT molecular complexity index is 410. The van der Waals surface area contributed by atoms with E-state index in [0.717, 1.165) is 19.1 Å². The fraction of sp³-hybridized carbons (Fsp3) is 0.125. The number of nitrogens with zero attached hydrogens (tertiary/aromatic N) is 1. The maximum Gasteiger partial charge on any atom is 0.133 e. The number of hydrogen-bond donors (Lipinski definition) is 1. The molecule has 2 heterocycles. The second kappa shape index (κ2) is 3.75. The lowest BCUT2D eigenvalue weighted by Crippen LogP contribution is -1.70. The zero-order valence-electron chi connectivity index (χ0n) is 6.53. The van der Waals surface area contributed by atoms with E-state index >= 15 is 0 Å². The standard InChI is InChI=1S/C8H6ClNOS2/c9-7-2-1-6(13-7)8-10-3-5(4-11)12-8/h1-3,11H,4H2. The lowest BCUT2D eigenvalue weighted by molar-refractivity contribution is 0.285. The molecule has 13 heavy (non-hydrogen) atoms. The van der Waals surface area contributed by atoms with Crippen LogP contribution in [0.1, 0.15) is 4.88 Å². The fourth-order valence-corrected chi connectivity index (χ4v) is 2.80. The summed E-state index contributed by atoms with van der Waals surface area (Å²) in [7, 11) is 0. The summed E-state index contributed by atoms with van der Waals surface area (Å²) in [5.41, 5.74) is 0. The molecule has 0 atom stereocenters. The highest BCUT2D eigenvalue weighted by Crippen LogP contribution is 2.33. The van der Waals surface area contributed by atoms with Crippen molar-refractivity contribution >= 4 is 34.3 Å². The second-order valence-electron chi connectivity index (χ2n) is 2.39. The number of thiazole rings is 1. The average Bonchev–Trinajstić information content (AvgIpc) is 2.71. The molecular weight excluding hydrogens is 226 g/mol. The number of halogens is 1. The molecule has 5 heteroatoms. The van der Waals surface area contributed by atoms with E-state index in [4.69, 9.17) is 16.7 Å². The van der Waals surface area contributed by atoms with Crippen LogP contribution in [0, 0.1) is 0 Å². The molecule has 0 unspecified atom stereocenters. The van der Waals surface area contributed by atoms with Crippen molar-refractivity contribution in [3.05, 3.63) is 27.5 Å². The number of aliphatic hydroxyl groups is 1. The minimum absolute atomic E-state index is 0.0524. The molecule has 0 aliphatic rings. The summed E-state index contributed by atoms with van der Waals surface area (Å²) in [6.07, 6.45) is 1.69. The Morgan fingerprint density at radius 2 is 2.23 bits per heavy atom. The van der Waals surface area contributed by atoms with Gasteiger partial charge in [0.1, 0.15) is 5.01 Å². The first-order valence-corrected chi connectivity index (χ1v) is 5.62. The van der Waals surface area contributed by atoms with Gasteiger partial charge < -0.3 is 5.11 Å². The summed E-state index contributed by atoms with van der Waals surface area (Å²) in [4.78, 5) is 6.11. The predicted molar refractivity (Wildman–Crippen MR) is 56.4 cm³/mol. The van der Waals surface area contributed by atoms with Crippen LogP contribution >= 0.6 is 34.3 Å². The molecule has 0 bridgehead atoms. The Balaban J connectivity index is 2.35. The van der Waals surface area contributed by atoms with Gasteiger partial charge in [0.15, 0.2) is 0 Å². The number of aliphatic hydroxyl groups excluding tert-OH is 1. The molecule has 2 nitrogen and oxygen atoms in total. The Labute approximate surface area is 88.5 Å². The third-order valence-corrected chi connectivity index (χ3v) is 3.88. The maximum atomic E-state index is 8.85. The van der Waals surface area contributed by atoms with Gasteiger partial charge >= 0.3 is 0 Å². The second-order valence-corrected chi connectivity index (χ2v) is 5.22. The molecule has 0 radical (unpaired) electrons. The Morgan fingerprint density at radius 3 is 2.77 bits per heavy atom. The van der Waals surface area contributed by atoms with Crippen molar-refractivity contribution in [2.45, 2.75) is 6.61 Å². The first kappa shape index (κ1) is 9.15. The number of rotatable bonds is 2. The summed E-state index contributed by atoms with van der Waals surface area (Å²) in [5.74, 6) is 0. The van der Waals surface area contributed by atoms with Crippen LogP contribution < -0.4 is 0 Å². The molecule has 0 aliphatic carbocycles. The first-order valence-electron chi connectivity index (χ1n) is 3.61. The summed E-state index contributed by atoms with van der Waals surface area (Å²) in [6.45, 7) is 0.0524. The fourth-order valence-electron chi connectivity index (χ4n) is 0.924. The van der Waals surface area contributed by atoms with Crippen molar-refractivity contribution in [2.24, 2.45) is 0 Å². The minimum atomic E-state index is 0.0524. The molecule has 2 aromatic heterocycles. The molecule has 0 aliphatic heterocycles. The van der Waals surface area contributed by atoms with E-state index in [1.54, 1.807) is 6.20 Å². The monoisotopic (exact) mass is 231 g/mol. The normalized spacial score (nSPS) is 10.6. The van der Waals surface area contributed by atoms with Crippen LogP contribution in [0.25, 0.3) is 9.88 Å². The van der Waals surface area contributed by atoms with Gasteiger partial charge in [-0.25, -0.2) is 4.98 Å². The van der Waals surface area contributed by atoms with Gasteiger partial charge in [0.25, 0.3) is 0 Å². The van der Waals surface area contributed by atoms with Crippen molar-refractivity contribution in [2.75, 3.05) is 0 Å². The predicted octanol–water partition coefficient (Wildman–Crippen LogP) is 3.02. The highest BCUT2D eigenvalue weighted by molar-refractivity contribution is 7.23. The molecule has 2 rings (SSSR count). The van der Waals surface area contributed by atoms with Crippen LogP contribution in [0.15, 0.2) is 18.3 Å². The van der Waals surface area contributed by atoms with Crippen LogP contribution in [-0.2, 0) is 6.61 Å². The van der Waals surface area contributed by atoms with Crippen LogP contribution in [0.5, 0.6) is 0 Å². The third kappa shape index (κ3) is 1.91. The van der Waals surface area contributed by atoms with E-state index < -0.39 is 0 Å². The Morgan fingerprint density at radius 1 is 1.38 bits per heavy atom. The van der Waals surface area contributed by atoms with Crippen molar-refractivity contribution in [3.8, 4) is 9.88 Å². The highest BCUT2D eigenvalue weighted by atomic mass is 35.5. The molecule has 0 fully saturated rings. The van der Waals surface area contributed by atoms with Gasteiger partial charge in [-0.05, 0) is 12.1 Å². The summed E-state index contributed by atoms with van der Waals surface area (Å²) in [6, 6.07) is 3.79. The van der Waals surface area contributed by atoms with Gasteiger partial charge in [-0.1, -0.05) is 11.6 Å². The molecule has 0 saturated heterocycles. The molecule has 0 aromatic carbocycles. The molecule has 1 N–H and O–H groups in total. The van der Waals surface area contributed by atoms with Gasteiger partial charge in [0, 0.05) is 6.20 Å². The quantitative estimate of drug-likeness (QED) is 0.862. The third-order valence-electron chi connectivity index (χ3n) is 1.49. The van der Waals surface area contributed by atoms with Gasteiger partial charge in [-0.2, -0.15) is 0 Å². The van der Waals surface area contributed by atoms with Crippen LogP contribution in [0.4, 0.5) is 0 Å². The molecule has 0 saturated carbocycles. The molecule has 0 amide bonds. The van der Waals surface area contributed by atoms with Gasteiger partial charge in [0.2, 0.25) is 0 Å². The SMILES string of the molecule is OCc1cnc(-c2ccc(Cl)s2)s1. The lowest BCUT2D eigenvalue weighted by atomic mass is 10.5. The topological polar surface area (TPSA) is 33.1 Å². The summed E-state index contributed by atoms with van der Waals surface area (Å²) in [5, 5.41) is 9.77. The Hall–Kier alpha value is -0.420. The van der Waals surface area contributed by atoms with Gasteiger partial charge in [-0.3, -0.25) is 0 Å². The first-order chi connectivity index (χ1) is 6.29. The van der Waals surface area contributed by atoms with Gasteiger partial charge in [0.05, 0.1) is 20.7 Å². The number of thiophene rings is 1. The largest absolute Gasteiger partial charge is 0.391 e. The van der Waals surface area contributed by atoms with E-state index in [1.165, 1.54) is 22.7 Å². The summed E-state index contributed by atoms with van der Waals surface area (Å²) >= 11 is 8.78. The Kier molecular flexibility index (Phi) is 2.64. The molecule has 0 spiro atoms. The summed E-state index contributed by atoms with van der Waals surface area (Å²) < 4.78 is 0.760. The van der Waals surface area contributed by atoms with Crippen molar-refractivity contribution in [3.63, 3.8) is 0 Å². The highest BCUT2D eigenvalue weighted by Gasteiger charge is 2.06. The van der Waals surface area contributed by atoms with Gasteiger partial charge in [-0.15, -0.1) is 22.7 Å². The lowest BCUT2D eigenvalue weighted by Gasteiger charge is -1.85. The zero-order valence-corrected chi connectivity index (χ0v) is 8.92. The minimum Gasteiger partial charge on any atom is -0.391 e. The van der Waals surface area contributed by atoms with E-state index in [1.807, 2.05) is 12.1 Å². The number of aromatic nitrogens is 1. The van der Waals surface area contributed by atoms with Crippen molar-refractivity contribution < 1.29 is 5.11 Å². The van der Waals surface area contributed by atoms with E-state index in [2.05, 4.69) is 4.98 Å².